The van der Waals surface area contributed by atoms with Crippen LogP contribution in [0.2, 0.25) is 0 Å². The van der Waals surface area contributed by atoms with Crippen LogP contribution in [0.25, 0.3) is 0 Å². The van der Waals surface area contributed by atoms with E-state index in [1.807, 2.05) is 15.9 Å². The van der Waals surface area contributed by atoms with E-state index in [0.29, 0.717) is 44.3 Å². The summed E-state index contributed by atoms with van der Waals surface area (Å²) in [5.41, 5.74) is 0.617. The van der Waals surface area contributed by atoms with Gasteiger partial charge in [0.25, 0.3) is 0 Å². The number of likely N-dealkylation sites (tertiary alicyclic amines) is 1. The Bertz CT molecular complexity index is 561. The number of nitrogens with zero attached hydrogens (tertiary/aromatic N) is 3. The Morgan fingerprint density at radius 1 is 1.17 bits per heavy atom. The van der Waals surface area contributed by atoms with E-state index in [1.54, 1.807) is 12.1 Å². The van der Waals surface area contributed by atoms with Gasteiger partial charge in [-0.15, -0.1) is 0 Å². The zero-order chi connectivity index (χ0) is 16.9. The molecule has 24 heavy (non-hydrogen) atoms. The van der Waals surface area contributed by atoms with Crippen LogP contribution in [0.5, 0.6) is 0 Å². The summed E-state index contributed by atoms with van der Waals surface area (Å²) in [6.07, 6.45) is 2.09. The number of amides is 1. The highest BCUT2D eigenvalue weighted by Crippen LogP contribution is 2.20. The summed E-state index contributed by atoms with van der Waals surface area (Å²) in [6.45, 7) is 4.93. The van der Waals surface area contributed by atoms with Crippen LogP contribution in [0.3, 0.4) is 0 Å². The van der Waals surface area contributed by atoms with E-state index < -0.39 is 0 Å². The standard InChI is InChI=1S/C18H26FN3O2/c19-16-5-1-2-6-17(16)21-8-10-22(11-9-21)18(24)13-20-7-3-4-15(12-20)14-23/h1-2,5-6,15,23H,3-4,7-14H2. The summed E-state index contributed by atoms with van der Waals surface area (Å²) < 4.78 is 13.9. The summed E-state index contributed by atoms with van der Waals surface area (Å²) in [6, 6.07) is 6.79. The highest BCUT2D eigenvalue weighted by atomic mass is 19.1. The van der Waals surface area contributed by atoms with Crippen molar-refractivity contribution in [2.45, 2.75) is 12.8 Å². The van der Waals surface area contributed by atoms with Crippen molar-refractivity contribution in [2.75, 3.05) is 57.3 Å². The smallest absolute Gasteiger partial charge is 0.236 e. The Morgan fingerprint density at radius 3 is 2.62 bits per heavy atom. The molecule has 0 bridgehead atoms. The van der Waals surface area contributed by atoms with Crippen LogP contribution < -0.4 is 4.90 Å². The predicted molar refractivity (Wildman–Crippen MR) is 91.4 cm³/mol. The fraction of sp³-hybridized carbons (Fsp3) is 0.611. The number of hydrogen-bond acceptors (Lipinski definition) is 4. The molecule has 3 rings (SSSR count). The monoisotopic (exact) mass is 335 g/mol. The molecule has 2 heterocycles. The number of carbonyl (C=O) groups is 1. The van der Waals surface area contributed by atoms with Crippen LogP contribution in [0.4, 0.5) is 10.1 Å². The maximum Gasteiger partial charge on any atom is 0.236 e. The van der Waals surface area contributed by atoms with E-state index in [-0.39, 0.29) is 18.3 Å². The number of halogens is 1. The van der Waals surface area contributed by atoms with Crippen molar-refractivity contribution in [3.63, 3.8) is 0 Å². The molecule has 1 unspecified atom stereocenters. The van der Waals surface area contributed by atoms with Crippen molar-refractivity contribution in [3.05, 3.63) is 30.1 Å². The number of piperazine rings is 1. The Labute approximate surface area is 142 Å². The first-order valence-electron chi connectivity index (χ1n) is 8.78. The molecule has 0 spiro atoms. The van der Waals surface area contributed by atoms with Gasteiger partial charge < -0.3 is 14.9 Å². The van der Waals surface area contributed by atoms with Crippen molar-refractivity contribution < 1.29 is 14.3 Å². The molecular formula is C18H26FN3O2. The van der Waals surface area contributed by atoms with Crippen LogP contribution in [0.1, 0.15) is 12.8 Å². The summed E-state index contributed by atoms with van der Waals surface area (Å²) in [5.74, 6) is 0.229. The third-order valence-corrected chi connectivity index (χ3v) is 5.05. The number of carbonyl (C=O) groups excluding carboxylic acids is 1. The molecule has 2 aliphatic heterocycles. The van der Waals surface area contributed by atoms with Gasteiger partial charge in [0.1, 0.15) is 5.82 Å². The van der Waals surface area contributed by atoms with Crippen LogP contribution in [0, 0.1) is 11.7 Å². The SMILES string of the molecule is O=C(CN1CCCC(CO)C1)N1CCN(c2ccccc2F)CC1. The average molecular weight is 335 g/mol. The number of aliphatic hydroxyl groups excluding tert-OH is 1. The molecule has 6 heteroatoms. The van der Waals surface area contributed by atoms with Gasteiger partial charge >= 0.3 is 0 Å². The van der Waals surface area contributed by atoms with Crippen molar-refractivity contribution in [1.29, 1.82) is 0 Å². The molecule has 132 valence electrons. The topological polar surface area (TPSA) is 47.0 Å². The van der Waals surface area contributed by atoms with E-state index in [0.717, 1.165) is 25.9 Å². The molecule has 0 radical (unpaired) electrons. The lowest BCUT2D eigenvalue weighted by Gasteiger charge is -2.38. The molecule has 2 fully saturated rings. The molecule has 1 atom stereocenters. The minimum atomic E-state index is -0.208. The first-order chi connectivity index (χ1) is 11.7. The van der Waals surface area contributed by atoms with Crippen LogP contribution in [-0.2, 0) is 4.79 Å². The number of hydrogen-bond donors (Lipinski definition) is 1. The Morgan fingerprint density at radius 2 is 1.92 bits per heavy atom. The molecule has 1 amide bonds. The fourth-order valence-corrected chi connectivity index (χ4v) is 3.64. The largest absolute Gasteiger partial charge is 0.396 e. The van der Waals surface area contributed by atoms with Gasteiger partial charge in [-0.05, 0) is 37.4 Å². The van der Waals surface area contributed by atoms with E-state index in [9.17, 15) is 14.3 Å². The third kappa shape index (κ3) is 4.05. The Balaban J connectivity index is 1.49. The normalized spacial score (nSPS) is 22.7. The second-order valence-corrected chi connectivity index (χ2v) is 6.75. The lowest BCUT2D eigenvalue weighted by Crippen LogP contribution is -2.52. The molecule has 1 aromatic rings. The molecular weight excluding hydrogens is 309 g/mol. The molecule has 0 aromatic heterocycles. The van der Waals surface area contributed by atoms with Gasteiger partial charge in [-0.3, -0.25) is 9.69 Å². The van der Waals surface area contributed by atoms with Gasteiger partial charge in [0.2, 0.25) is 5.91 Å². The second kappa shape index (κ2) is 7.94. The first kappa shape index (κ1) is 17.2. The van der Waals surface area contributed by atoms with Crippen molar-refractivity contribution >= 4 is 11.6 Å². The van der Waals surface area contributed by atoms with Crippen molar-refractivity contribution in [2.24, 2.45) is 5.92 Å². The van der Waals surface area contributed by atoms with Crippen molar-refractivity contribution in [3.8, 4) is 0 Å². The zero-order valence-electron chi connectivity index (χ0n) is 14.0. The lowest BCUT2D eigenvalue weighted by molar-refractivity contribution is -0.133. The minimum Gasteiger partial charge on any atom is -0.396 e. The minimum absolute atomic E-state index is 0.141. The van der Waals surface area contributed by atoms with E-state index in [4.69, 9.17) is 0 Å². The van der Waals surface area contributed by atoms with Gasteiger partial charge in [-0.2, -0.15) is 0 Å². The summed E-state index contributed by atoms with van der Waals surface area (Å²) in [4.78, 5) is 18.5. The molecule has 0 saturated carbocycles. The molecule has 2 saturated heterocycles. The first-order valence-corrected chi connectivity index (χ1v) is 8.78. The van der Waals surface area contributed by atoms with Gasteiger partial charge in [0, 0.05) is 39.3 Å². The van der Waals surface area contributed by atoms with Crippen LogP contribution in [0.15, 0.2) is 24.3 Å². The number of para-hydroxylation sites is 1. The Hall–Kier alpha value is -1.66. The summed E-state index contributed by atoms with van der Waals surface area (Å²) in [7, 11) is 0. The maximum absolute atomic E-state index is 13.9. The highest BCUT2D eigenvalue weighted by Gasteiger charge is 2.26. The molecule has 0 aliphatic carbocycles. The highest BCUT2D eigenvalue weighted by molar-refractivity contribution is 5.78. The second-order valence-electron chi connectivity index (χ2n) is 6.75. The average Bonchev–Trinajstić information content (AvgIpc) is 2.62. The maximum atomic E-state index is 13.9. The molecule has 2 aliphatic rings. The predicted octanol–water partition coefficient (Wildman–Crippen LogP) is 1.18. The number of benzene rings is 1. The number of piperidine rings is 1. The van der Waals surface area contributed by atoms with Gasteiger partial charge in [-0.1, -0.05) is 12.1 Å². The lowest BCUT2D eigenvalue weighted by atomic mass is 9.99. The zero-order valence-corrected chi connectivity index (χ0v) is 14.0. The van der Waals surface area contributed by atoms with Crippen molar-refractivity contribution in [1.82, 2.24) is 9.80 Å². The number of rotatable bonds is 4. The van der Waals surface area contributed by atoms with E-state index in [1.165, 1.54) is 6.07 Å². The Kier molecular flexibility index (Phi) is 5.68. The van der Waals surface area contributed by atoms with Gasteiger partial charge in [0.15, 0.2) is 0 Å². The number of aliphatic hydroxyl groups is 1. The fourth-order valence-electron chi connectivity index (χ4n) is 3.64. The third-order valence-electron chi connectivity index (χ3n) is 5.05. The summed E-state index contributed by atoms with van der Waals surface area (Å²) in [5, 5.41) is 9.29. The van der Waals surface area contributed by atoms with Crippen LogP contribution in [-0.4, -0.2) is 73.2 Å². The number of anilines is 1. The molecule has 1 N–H and O–H groups in total. The van der Waals surface area contributed by atoms with Crippen LogP contribution >= 0.6 is 0 Å². The van der Waals surface area contributed by atoms with E-state index >= 15 is 0 Å². The molecule has 1 aromatic carbocycles. The van der Waals surface area contributed by atoms with E-state index in [2.05, 4.69) is 4.90 Å². The quantitative estimate of drug-likeness (QED) is 0.898. The van der Waals surface area contributed by atoms with Gasteiger partial charge in [-0.25, -0.2) is 4.39 Å². The van der Waals surface area contributed by atoms with Gasteiger partial charge in [0.05, 0.1) is 12.2 Å². The summed E-state index contributed by atoms with van der Waals surface area (Å²) >= 11 is 0. The molecule has 5 nitrogen and oxygen atoms in total.